The number of hydrogen-bond donors (Lipinski definition) is 2. The number of hydrogen-bond acceptors (Lipinski definition) is 3. The van der Waals surface area contributed by atoms with E-state index in [2.05, 4.69) is 5.32 Å². The summed E-state index contributed by atoms with van der Waals surface area (Å²) >= 11 is 0. The van der Waals surface area contributed by atoms with Crippen molar-refractivity contribution < 1.29 is 9.18 Å². The van der Waals surface area contributed by atoms with Gasteiger partial charge >= 0.3 is 0 Å². The second kappa shape index (κ2) is 6.22. The average molecular weight is 279 g/mol. The van der Waals surface area contributed by atoms with Crippen LogP contribution in [0.2, 0.25) is 0 Å². The molecule has 0 aromatic heterocycles. The molecule has 1 fully saturated rings. The lowest BCUT2D eigenvalue weighted by molar-refractivity contribution is -0.124. The molecule has 2 rings (SSSR count). The predicted molar refractivity (Wildman–Crippen MR) is 78.0 cm³/mol. The number of halogens is 1. The number of carbonyl (C=O) groups excluding carboxylic acids is 1. The molecule has 1 heterocycles. The smallest absolute Gasteiger partial charge is 0.224 e. The van der Waals surface area contributed by atoms with Gasteiger partial charge in [-0.1, -0.05) is 12.1 Å². The third-order valence-corrected chi connectivity index (χ3v) is 3.86. The zero-order valence-corrected chi connectivity index (χ0v) is 12.0. The summed E-state index contributed by atoms with van der Waals surface area (Å²) in [5, 5.41) is 2.67. The fourth-order valence-electron chi connectivity index (χ4n) is 2.83. The Balaban J connectivity index is 2.29. The van der Waals surface area contributed by atoms with Crippen molar-refractivity contribution in [3.63, 3.8) is 0 Å². The van der Waals surface area contributed by atoms with Crippen LogP contribution in [0.3, 0.4) is 0 Å². The van der Waals surface area contributed by atoms with Crippen LogP contribution in [-0.2, 0) is 4.79 Å². The van der Waals surface area contributed by atoms with Crippen LogP contribution in [0, 0.1) is 11.7 Å². The predicted octanol–water partition coefficient (Wildman–Crippen LogP) is 1.81. The van der Waals surface area contributed by atoms with Crippen LogP contribution in [0.5, 0.6) is 0 Å². The van der Waals surface area contributed by atoms with Gasteiger partial charge in [0.1, 0.15) is 5.82 Å². The van der Waals surface area contributed by atoms with Crippen molar-refractivity contribution in [3.8, 4) is 0 Å². The quantitative estimate of drug-likeness (QED) is 0.887. The zero-order chi connectivity index (χ0) is 14.7. The topological polar surface area (TPSA) is 58.4 Å². The zero-order valence-electron chi connectivity index (χ0n) is 12.0. The molecule has 1 saturated heterocycles. The van der Waals surface area contributed by atoms with E-state index in [0.717, 1.165) is 24.9 Å². The van der Waals surface area contributed by atoms with E-state index in [1.807, 2.05) is 17.9 Å². The minimum atomic E-state index is -0.266. The normalized spacial score (nSPS) is 20.6. The molecule has 1 aliphatic heterocycles. The third kappa shape index (κ3) is 2.93. The summed E-state index contributed by atoms with van der Waals surface area (Å²) in [5.74, 6) is -0.333. The number of nitrogens with one attached hydrogen (secondary N) is 1. The summed E-state index contributed by atoms with van der Waals surface area (Å²) in [4.78, 5) is 13.7. The molecule has 1 aromatic carbocycles. The van der Waals surface area contributed by atoms with Crippen LogP contribution in [0.15, 0.2) is 18.2 Å². The SMILES string of the molecule is CNC(=O)C1CCCN(c2c(F)cccc2[C@H](C)N)C1. The Hall–Kier alpha value is -1.62. The number of carbonyl (C=O) groups is 1. The van der Waals surface area contributed by atoms with Gasteiger partial charge in [0.25, 0.3) is 0 Å². The highest BCUT2D eigenvalue weighted by Gasteiger charge is 2.28. The molecule has 1 amide bonds. The van der Waals surface area contributed by atoms with E-state index in [1.165, 1.54) is 6.07 Å². The van der Waals surface area contributed by atoms with Crippen LogP contribution in [-0.4, -0.2) is 26.0 Å². The Labute approximate surface area is 119 Å². The van der Waals surface area contributed by atoms with E-state index in [9.17, 15) is 9.18 Å². The summed E-state index contributed by atoms with van der Waals surface area (Å²) in [6.07, 6.45) is 1.73. The highest BCUT2D eigenvalue weighted by atomic mass is 19.1. The van der Waals surface area contributed by atoms with E-state index >= 15 is 0 Å². The Morgan fingerprint density at radius 1 is 1.55 bits per heavy atom. The third-order valence-electron chi connectivity index (χ3n) is 3.86. The number of amides is 1. The van der Waals surface area contributed by atoms with Gasteiger partial charge < -0.3 is 16.0 Å². The highest BCUT2D eigenvalue weighted by Crippen LogP contribution is 2.31. The van der Waals surface area contributed by atoms with Crippen LogP contribution in [0.25, 0.3) is 0 Å². The van der Waals surface area contributed by atoms with E-state index in [4.69, 9.17) is 5.73 Å². The van der Waals surface area contributed by atoms with Crippen molar-refractivity contribution in [1.82, 2.24) is 5.32 Å². The molecule has 1 unspecified atom stereocenters. The average Bonchev–Trinajstić information content (AvgIpc) is 2.46. The first-order valence-corrected chi connectivity index (χ1v) is 7.05. The molecule has 2 atom stereocenters. The van der Waals surface area contributed by atoms with Crippen molar-refractivity contribution in [2.45, 2.75) is 25.8 Å². The van der Waals surface area contributed by atoms with Crippen LogP contribution in [0.4, 0.5) is 10.1 Å². The Kier molecular flexibility index (Phi) is 4.60. The first-order valence-electron chi connectivity index (χ1n) is 7.05. The molecular weight excluding hydrogens is 257 g/mol. The Bertz CT molecular complexity index is 490. The summed E-state index contributed by atoms with van der Waals surface area (Å²) < 4.78 is 14.2. The molecule has 110 valence electrons. The first kappa shape index (κ1) is 14.8. The molecule has 20 heavy (non-hydrogen) atoms. The van der Waals surface area contributed by atoms with Crippen molar-refractivity contribution in [2.75, 3.05) is 25.0 Å². The maximum Gasteiger partial charge on any atom is 0.224 e. The lowest BCUT2D eigenvalue weighted by atomic mass is 9.95. The molecule has 0 saturated carbocycles. The van der Waals surface area contributed by atoms with Crippen LogP contribution in [0.1, 0.15) is 31.4 Å². The lowest BCUT2D eigenvalue weighted by Gasteiger charge is -2.35. The second-order valence-electron chi connectivity index (χ2n) is 5.37. The van der Waals surface area contributed by atoms with Crippen molar-refractivity contribution in [1.29, 1.82) is 0 Å². The highest BCUT2D eigenvalue weighted by molar-refractivity contribution is 5.79. The number of benzene rings is 1. The van der Waals surface area contributed by atoms with Gasteiger partial charge in [0.2, 0.25) is 5.91 Å². The Morgan fingerprint density at radius 3 is 2.95 bits per heavy atom. The largest absolute Gasteiger partial charge is 0.368 e. The number of anilines is 1. The summed E-state index contributed by atoms with van der Waals surface area (Å²) in [7, 11) is 1.64. The van der Waals surface area contributed by atoms with E-state index < -0.39 is 0 Å². The molecule has 0 spiro atoms. The van der Waals surface area contributed by atoms with Crippen LogP contribution < -0.4 is 16.0 Å². The molecule has 0 radical (unpaired) electrons. The second-order valence-corrected chi connectivity index (χ2v) is 5.37. The standard InChI is InChI=1S/C15H22FN3O/c1-10(17)12-6-3-7-13(16)14(12)19-8-4-5-11(9-19)15(20)18-2/h3,6-7,10-11H,4-5,8-9,17H2,1-2H3,(H,18,20)/t10-,11?/m0/s1. The number of para-hydroxylation sites is 1. The van der Waals surface area contributed by atoms with Crippen molar-refractivity contribution in [2.24, 2.45) is 11.7 Å². The van der Waals surface area contributed by atoms with Crippen LogP contribution >= 0.6 is 0 Å². The summed E-state index contributed by atoms with van der Waals surface area (Å²) in [5.41, 5.74) is 7.28. The van der Waals surface area contributed by atoms with E-state index in [-0.39, 0.29) is 23.7 Å². The number of rotatable bonds is 3. The molecule has 0 bridgehead atoms. The fraction of sp³-hybridized carbons (Fsp3) is 0.533. The van der Waals surface area contributed by atoms with Gasteiger partial charge in [-0.2, -0.15) is 0 Å². The summed E-state index contributed by atoms with van der Waals surface area (Å²) in [6.45, 7) is 3.15. The van der Waals surface area contributed by atoms with E-state index in [0.29, 0.717) is 12.2 Å². The molecule has 0 aliphatic carbocycles. The minimum Gasteiger partial charge on any atom is -0.368 e. The number of nitrogens with two attached hydrogens (primary N) is 1. The molecule has 5 heteroatoms. The maximum absolute atomic E-state index is 14.2. The molecular formula is C15H22FN3O. The minimum absolute atomic E-state index is 0.0217. The molecule has 4 nitrogen and oxygen atoms in total. The first-order chi connectivity index (χ1) is 9.54. The monoisotopic (exact) mass is 279 g/mol. The Morgan fingerprint density at radius 2 is 2.30 bits per heavy atom. The van der Waals surface area contributed by atoms with Crippen molar-refractivity contribution in [3.05, 3.63) is 29.6 Å². The van der Waals surface area contributed by atoms with Gasteiger partial charge in [-0.3, -0.25) is 4.79 Å². The van der Waals surface area contributed by atoms with Gasteiger partial charge in [-0.15, -0.1) is 0 Å². The maximum atomic E-state index is 14.2. The number of piperidine rings is 1. The van der Waals surface area contributed by atoms with Gasteiger partial charge in [0, 0.05) is 26.2 Å². The molecule has 1 aliphatic rings. The number of nitrogens with zero attached hydrogens (tertiary/aromatic N) is 1. The van der Waals surface area contributed by atoms with Gasteiger partial charge in [0.05, 0.1) is 11.6 Å². The summed E-state index contributed by atoms with van der Waals surface area (Å²) in [6, 6.07) is 4.75. The molecule has 1 aromatic rings. The van der Waals surface area contributed by atoms with Gasteiger partial charge in [-0.05, 0) is 31.4 Å². The fourth-order valence-corrected chi connectivity index (χ4v) is 2.83. The van der Waals surface area contributed by atoms with Crippen molar-refractivity contribution >= 4 is 11.6 Å². The van der Waals surface area contributed by atoms with E-state index in [1.54, 1.807) is 13.1 Å². The lowest BCUT2D eigenvalue weighted by Crippen LogP contribution is -2.43. The molecule has 3 N–H and O–H groups in total. The van der Waals surface area contributed by atoms with Gasteiger partial charge in [-0.25, -0.2) is 4.39 Å². The van der Waals surface area contributed by atoms with Gasteiger partial charge in [0.15, 0.2) is 0 Å².